The third-order valence-corrected chi connectivity index (χ3v) is 4.86. The highest BCUT2D eigenvalue weighted by Crippen LogP contribution is 2.32. The second kappa shape index (κ2) is 7.75. The number of anilines is 1. The Balaban J connectivity index is 2.02. The molecule has 150 valence electrons. The first-order chi connectivity index (χ1) is 13.7. The molecule has 3 amide bonds. The number of nitro benzene ring substituents is 1. The molecule has 0 unspecified atom stereocenters. The minimum atomic E-state index is -0.636. The number of amides is 3. The Morgan fingerprint density at radius 2 is 1.76 bits per heavy atom. The highest BCUT2D eigenvalue weighted by molar-refractivity contribution is 6.07. The van der Waals surface area contributed by atoms with Crippen LogP contribution in [0.25, 0.3) is 0 Å². The van der Waals surface area contributed by atoms with Crippen molar-refractivity contribution in [3.05, 3.63) is 80.0 Å². The summed E-state index contributed by atoms with van der Waals surface area (Å²) in [6.45, 7) is 7.53. The Kier molecular flexibility index (Phi) is 5.36. The van der Waals surface area contributed by atoms with Crippen LogP contribution >= 0.6 is 0 Å². The Morgan fingerprint density at radius 1 is 1.10 bits per heavy atom. The van der Waals surface area contributed by atoms with Crippen LogP contribution in [0.3, 0.4) is 0 Å². The van der Waals surface area contributed by atoms with Gasteiger partial charge in [-0.1, -0.05) is 23.8 Å². The molecule has 1 atom stereocenters. The lowest BCUT2D eigenvalue weighted by Crippen LogP contribution is -2.46. The van der Waals surface area contributed by atoms with Gasteiger partial charge in [-0.2, -0.15) is 0 Å². The molecule has 2 aromatic rings. The third kappa shape index (κ3) is 4.11. The van der Waals surface area contributed by atoms with Gasteiger partial charge in [0.15, 0.2) is 0 Å². The molecule has 1 aliphatic heterocycles. The lowest BCUT2D eigenvalue weighted by Gasteiger charge is -2.30. The van der Waals surface area contributed by atoms with Gasteiger partial charge in [0.2, 0.25) is 0 Å². The summed E-state index contributed by atoms with van der Waals surface area (Å²) in [5.74, 6) is -0.445. The SMILES string of the molecule is CC1=C(C(=O)Nc2cccc([N+](=O)[O-])c2)[C@@H](c2c(C)cc(C)cc2C)NC(=O)N1. The number of aryl methyl sites for hydroxylation is 3. The quantitative estimate of drug-likeness (QED) is 0.541. The number of hydrogen-bond acceptors (Lipinski definition) is 4. The molecule has 0 aliphatic carbocycles. The monoisotopic (exact) mass is 394 g/mol. The number of allylic oxidation sites excluding steroid dienone is 1. The van der Waals surface area contributed by atoms with Gasteiger partial charge in [0.05, 0.1) is 16.5 Å². The second-order valence-electron chi connectivity index (χ2n) is 7.14. The van der Waals surface area contributed by atoms with Crippen molar-refractivity contribution >= 4 is 23.3 Å². The molecular weight excluding hydrogens is 372 g/mol. The molecule has 3 N–H and O–H groups in total. The van der Waals surface area contributed by atoms with Crippen molar-refractivity contribution in [3.8, 4) is 0 Å². The first-order valence-electron chi connectivity index (χ1n) is 9.09. The largest absolute Gasteiger partial charge is 0.327 e. The molecule has 2 aromatic carbocycles. The van der Waals surface area contributed by atoms with Crippen molar-refractivity contribution < 1.29 is 14.5 Å². The van der Waals surface area contributed by atoms with Crippen LogP contribution in [0.5, 0.6) is 0 Å². The van der Waals surface area contributed by atoms with Gasteiger partial charge >= 0.3 is 6.03 Å². The fraction of sp³-hybridized carbons (Fsp3) is 0.238. The van der Waals surface area contributed by atoms with E-state index in [4.69, 9.17) is 0 Å². The number of non-ortho nitro benzene ring substituents is 1. The molecule has 3 rings (SSSR count). The van der Waals surface area contributed by atoms with E-state index in [2.05, 4.69) is 16.0 Å². The molecule has 0 saturated carbocycles. The van der Waals surface area contributed by atoms with Crippen LogP contribution in [0, 0.1) is 30.9 Å². The number of carbonyl (C=O) groups is 2. The number of nitrogens with zero attached hydrogens (tertiary/aromatic N) is 1. The summed E-state index contributed by atoms with van der Waals surface area (Å²) in [5.41, 5.74) is 4.84. The van der Waals surface area contributed by atoms with Crippen LogP contribution in [0.2, 0.25) is 0 Å². The maximum absolute atomic E-state index is 13.1. The van der Waals surface area contributed by atoms with E-state index in [1.165, 1.54) is 18.2 Å². The van der Waals surface area contributed by atoms with E-state index < -0.39 is 22.9 Å². The van der Waals surface area contributed by atoms with Gasteiger partial charge in [-0.15, -0.1) is 0 Å². The number of urea groups is 1. The highest BCUT2D eigenvalue weighted by atomic mass is 16.6. The van der Waals surface area contributed by atoms with E-state index in [1.54, 1.807) is 13.0 Å². The average Bonchev–Trinajstić information content (AvgIpc) is 2.60. The fourth-order valence-electron chi connectivity index (χ4n) is 3.75. The third-order valence-electron chi connectivity index (χ3n) is 4.86. The van der Waals surface area contributed by atoms with Gasteiger partial charge in [-0.3, -0.25) is 14.9 Å². The van der Waals surface area contributed by atoms with Crippen molar-refractivity contribution in [2.24, 2.45) is 0 Å². The molecule has 29 heavy (non-hydrogen) atoms. The summed E-state index contributed by atoms with van der Waals surface area (Å²) in [6.07, 6.45) is 0. The van der Waals surface area contributed by atoms with E-state index in [0.717, 1.165) is 22.3 Å². The van der Waals surface area contributed by atoms with Gasteiger partial charge < -0.3 is 16.0 Å². The van der Waals surface area contributed by atoms with E-state index >= 15 is 0 Å². The van der Waals surface area contributed by atoms with Gasteiger partial charge in [-0.25, -0.2) is 4.79 Å². The summed E-state index contributed by atoms with van der Waals surface area (Å²) in [5, 5.41) is 19.2. The molecular formula is C21H22N4O4. The van der Waals surface area contributed by atoms with Crippen LogP contribution in [-0.2, 0) is 4.79 Å². The van der Waals surface area contributed by atoms with Crippen LogP contribution in [0.15, 0.2) is 47.7 Å². The predicted octanol–water partition coefficient (Wildman–Crippen LogP) is 3.79. The first kappa shape index (κ1) is 20.1. The van der Waals surface area contributed by atoms with Crippen molar-refractivity contribution in [2.45, 2.75) is 33.7 Å². The van der Waals surface area contributed by atoms with Gasteiger partial charge in [0.1, 0.15) is 0 Å². The molecule has 8 nitrogen and oxygen atoms in total. The number of nitro groups is 1. The topological polar surface area (TPSA) is 113 Å². The number of benzene rings is 2. The molecule has 1 heterocycles. The minimum absolute atomic E-state index is 0.120. The van der Waals surface area contributed by atoms with Crippen molar-refractivity contribution in [1.29, 1.82) is 0 Å². The van der Waals surface area contributed by atoms with Crippen LogP contribution in [-0.4, -0.2) is 16.9 Å². The Morgan fingerprint density at radius 3 is 2.38 bits per heavy atom. The lowest BCUT2D eigenvalue weighted by molar-refractivity contribution is -0.384. The molecule has 0 spiro atoms. The number of rotatable bonds is 4. The first-order valence-corrected chi connectivity index (χ1v) is 9.09. The van der Waals surface area contributed by atoms with Gasteiger partial charge in [0.25, 0.3) is 11.6 Å². The normalized spacial score (nSPS) is 16.1. The molecule has 0 bridgehead atoms. The van der Waals surface area contributed by atoms with Gasteiger partial charge in [-0.05, 0) is 50.5 Å². The zero-order valence-electron chi connectivity index (χ0n) is 16.6. The zero-order valence-corrected chi connectivity index (χ0v) is 16.6. The van der Waals surface area contributed by atoms with Crippen LogP contribution < -0.4 is 16.0 Å². The Hall–Kier alpha value is -3.68. The smallest absolute Gasteiger partial charge is 0.319 e. The molecule has 0 fully saturated rings. The summed E-state index contributed by atoms with van der Waals surface area (Å²) in [4.78, 5) is 35.7. The number of nitrogens with one attached hydrogen (secondary N) is 3. The number of carbonyl (C=O) groups excluding carboxylic acids is 2. The van der Waals surface area contributed by atoms with Crippen molar-refractivity contribution in [3.63, 3.8) is 0 Å². The molecule has 0 saturated heterocycles. The molecule has 1 aliphatic rings. The van der Waals surface area contributed by atoms with E-state index in [0.29, 0.717) is 17.0 Å². The van der Waals surface area contributed by atoms with Gasteiger partial charge in [0, 0.05) is 23.5 Å². The predicted molar refractivity (Wildman–Crippen MR) is 109 cm³/mol. The zero-order chi connectivity index (χ0) is 21.3. The number of hydrogen-bond donors (Lipinski definition) is 3. The highest BCUT2D eigenvalue weighted by Gasteiger charge is 2.33. The average molecular weight is 394 g/mol. The maximum Gasteiger partial charge on any atom is 0.319 e. The van der Waals surface area contributed by atoms with Crippen LogP contribution in [0.4, 0.5) is 16.2 Å². The van der Waals surface area contributed by atoms with E-state index in [-0.39, 0.29) is 5.69 Å². The Bertz CT molecular complexity index is 1040. The standard InChI is InChI=1S/C21H22N4O4/c1-11-8-12(2)17(13(3)9-11)19-18(14(4)22-21(27)24-19)20(26)23-15-6-5-7-16(10-15)25(28)29/h5-10,19H,1-4H3,(H,23,26)(H2,22,24,27)/t19-/m1/s1. The fourth-order valence-corrected chi connectivity index (χ4v) is 3.75. The van der Waals surface area contributed by atoms with E-state index in [1.807, 2.05) is 32.9 Å². The maximum atomic E-state index is 13.1. The van der Waals surface area contributed by atoms with Crippen molar-refractivity contribution in [1.82, 2.24) is 10.6 Å². The molecule has 0 aromatic heterocycles. The molecule has 8 heteroatoms. The van der Waals surface area contributed by atoms with E-state index in [9.17, 15) is 19.7 Å². The lowest BCUT2D eigenvalue weighted by atomic mass is 9.87. The van der Waals surface area contributed by atoms with Crippen LogP contribution in [0.1, 0.15) is 35.2 Å². The summed E-state index contributed by atoms with van der Waals surface area (Å²) in [6, 6.07) is 8.70. The minimum Gasteiger partial charge on any atom is -0.327 e. The second-order valence-corrected chi connectivity index (χ2v) is 7.14. The summed E-state index contributed by atoms with van der Waals surface area (Å²) in [7, 11) is 0. The van der Waals surface area contributed by atoms with Crippen molar-refractivity contribution in [2.75, 3.05) is 5.32 Å². The summed E-state index contributed by atoms with van der Waals surface area (Å²) < 4.78 is 0. The summed E-state index contributed by atoms with van der Waals surface area (Å²) >= 11 is 0. The molecule has 0 radical (unpaired) electrons. The Labute approximate surface area is 168 Å².